The number of nitrogens with zero attached hydrogens (tertiary/aromatic N) is 5. The first-order valence-corrected chi connectivity index (χ1v) is 24.5. The molecule has 2 aromatic carbocycles. The van der Waals surface area contributed by atoms with Crippen LogP contribution >= 0.6 is 11.6 Å². The first kappa shape index (κ1) is 48.5. The minimum atomic E-state index is -5.18. The minimum Gasteiger partial charge on any atom is -0.346 e. The Bertz CT molecular complexity index is 3020. The second-order valence-electron chi connectivity index (χ2n) is 17.8. The molecule has 3 aromatic heterocycles. The van der Waals surface area contributed by atoms with E-state index < -0.39 is 131 Å². The third-order valence-electron chi connectivity index (χ3n) is 12.4. The van der Waals surface area contributed by atoms with Crippen molar-refractivity contribution in [1.29, 1.82) is 0 Å². The van der Waals surface area contributed by atoms with Crippen molar-refractivity contribution in [2.45, 2.75) is 112 Å². The third-order valence-corrected chi connectivity index (χ3v) is 16.4. The highest BCUT2D eigenvalue weighted by Crippen LogP contribution is 2.64. The molecule has 2 N–H and O–H groups in total. The van der Waals surface area contributed by atoms with E-state index in [1.807, 2.05) is 0 Å². The number of rotatable bonds is 15. The van der Waals surface area contributed by atoms with Gasteiger partial charge in [0.1, 0.15) is 30.4 Å². The summed E-state index contributed by atoms with van der Waals surface area (Å²) in [6.07, 6.45) is -9.20. The molecule has 0 bridgehead atoms. The topological polar surface area (TPSA) is 158 Å². The van der Waals surface area contributed by atoms with Crippen molar-refractivity contribution in [2.75, 3.05) is 11.0 Å². The number of aromatic nitrogens is 5. The molecular formula is C42H40ClF10N7O5S2. The molecule has 5 aromatic rings. The predicted molar refractivity (Wildman–Crippen MR) is 224 cm³/mol. The average Bonchev–Trinajstić information content (AvgIpc) is 3.85. The minimum absolute atomic E-state index is 0.0179. The van der Waals surface area contributed by atoms with Gasteiger partial charge >= 0.3 is 12.4 Å². The molecule has 3 atom stereocenters. The van der Waals surface area contributed by atoms with E-state index in [-0.39, 0.29) is 68.9 Å². The van der Waals surface area contributed by atoms with Gasteiger partial charge in [0.05, 0.1) is 43.9 Å². The Kier molecular flexibility index (Phi) is 12.0. The lowest BCUT2D eigenvalue weighted by Crippen LogP contribution is -2.37. The smallest absolute Gasteiger partial charge is 0.346 e. The van der Waals surface area contributed by atoms with Crippen molar-refractivity contribution in [3.05, 3.63) is 93.0 Å². The maximum atomic E-state index is 15.8. The number of sulfonamides is 1. The quantitative estimate of drug-likeness (QED) is 0.0984. The van der Waals surface area contributed by atoms with Crippen LogP contribution in [-0.2, 0) is 62.7 Å². The molecule has 3 heterocycles. The highest BCUT2D eigenvalue weighted by molar-refractivity contribution is 7.93. The van der Waals surface area contributed by atoms with Gasteiger partial charge in [-0.15, -0.1) is 0 Å². The molecule has 0 aliphatic heterocycles. The summed E-state index contributed by atoms with van der Waals surface area (Å²) < 4.78 is 200. The van der Waals surface area contributed by atoms with Crippen LogP contribution in [0.4, 0.5) is 49.7 Å². The molecule has 1 amide bonds. The van der Waals surface area contributed by atoms with Gasteiger partial charge in [-0.3, -0.25) is 23.9 Å². The number of sulfone groups is 1. The van der Waals surface area contributed by atoms with Crippen LogP contribution in [0.3, 0.4) is 0 Å². The molecule has 2 saturated carbocycles. The van der Waals surface area contributed by atoms with E-state index >= 15 is 8.78 Å². The van der Waals surface area contributed by atoms with Crippen LogP contribution in [-0.4, -0.2) is 69.7 Å². The summed E-state index contributed by atoms with van der Waals surface area (Å²) in [5.41, 5.74) is -4.34. The van der Waals surface area contributed by atoms with Crippen molar-refractivity contribution in [1.82, 2.24) is 29.9 Å². The zero-order valence-corrected chi connectivity index (χ0v) is 37.9. The summed E-state index contributed by atoms with van der Waals surface area (Å²) >= 11 is 6.51. The zero-order chi connectivity index (χ0) is 49.0. The number of fused-ring (bicyclic) bond motifs is 4. The third kappa shape index (κ3) is 9.45. The Morgan fingerprint density at radius 3 is 2.15 bits per heavy atom. The van der Waals surface area contributed by atoms with Crippen LogP contribution in [0.1, 0.15) is 91.8 Å². The number of carbonyl (C=O) groups is 1. The van der Waals surface area contributed by atoms with Crippen LogP contribution in [0.25, 0.3) is 22.0 Å². The van der Waals surface area contributed by atoms with Gasteiger partial charge in [-0.25, -0.2) is 25.6 Å². The highest BCUT2D eigenvalue weighted by Gasteiger charge is 2.63. The van der Waals surface area contributed by atoms with E-state index in [4.69, 9.17) is 16.6 Å². The first-order valence-electron chi connectivity index (χ1n) is 20.7. The van der Waals surface area contributed by atoms with E-state index in [9.17, 15) is 56.8 Å². The van der Waals surface area contributed by atoms with Gasteiger partial charge < -0.3 is 5.32 Å². The molecule has 8 rings (SSSR count). The van der Waals surface area contributed by atoms with Gasteiger partial charge in [0, 0.05) is 34.4 Å². The molecule has 3 aliphatic carbocycles. The lowest BCUT2D eigenvalue weighted by molar-refractivity contribution is -0.144. The molecule has 12 nitrogen and oxygen atoms in total. The van der Waals surface area contributed by atoms with Gasteiger partial charge in [-0.2, -0.15) is 45.3 Å². The Morgan fingerprint density at radius 1 is 0.910 bits per heavy atom. The first-order chi connectivity index (χ1) is 30.9. The van der Waals surface area contributed by atoms with Crippen molar-refractivity contribution in [3.63, 3.8) is 0 Å². The van der Waals surface area contributed by atoms with Crippen LogP contribution < -0.4 is 10.0 Å². The summed E-state index contributed by atoms with van der Waals surface area (Å²) in [6.45, 7) is 0.0265. The number of nitrogens with one attached hydrogen (secondary N) is 2. The van der Waals surface area contributed by atoms with Gasteiger partial charge in [-0.05, 0) is 94.5 Å². The number of hydrogen-bond donors (Lipinski definition) is 2. The Morgan fingerprint density at radius 2 is 1.57 bits per heavy atom. The molecule has 0 saturated heterocycles. The standard InChI is InChI=1S/C42H40ClF10N7O5S2/c1-39(2,67(64,65)24-5-6-24)13-12-23-4-7-25(26-9-11-29(43)33-35(26)60(19-40(46,47)48)57-38(33)58-66(3,62)63)34(54-23)30(16-20-14-21(44)17-22(45)15-20)55-31(61)18-59-37-32(36(56-59)42(51,52)53)27-8-10-28(27)41(37,49)50/h4,7,9,11,14-15,17,24,27-28,30H,5-6,8,10,12-13,16,18-19H2,1-3H3,(H,55,61)(H,57,58)/t27-,28+,30-/m0/s1. The van der Waals surface area contributed by atoms with Crippen molar-refractivity contribution >= 4 is 54.1 Å². The molecule has 25 heteroatoms. The molecular weight excluding hydrogens is 972 g/mol. The van der Waals surface area contributed by atoms with Crippen LogP contribution in [0.5, 0.6) is 0 Å². The number of alkyl halides is 8. The molecule has 0 radical (unpaired) electrons. The van der Waals surface area contributed by atoms with Crippen LogP contribution in [0, 0.1) is 17.6 Å². The maximum absolute atomic E-state index is 15.8. The summed E-state index contributed by atoms with van der Waals surface area (Å²) in [7, 11) is -7.84. The summed E-state index contributed by atoms with van der Waals surface area (Å²) in [5, 5.41) is 8.74. The van der Waals surface area contributed by atoms with Crippen LogP contribution in [0.15, 0.2) is 42.5 Å². The second-order valence-corrected chi connectivity index (χ2v) is 22.9. The zero-order valence-electron chi connectivity index (χ0n) is 35.5. The number of halogens is 11. The lowest BCUT2D eigenvalue weighted by atomic mass is 9.73. The maximum Gasteiger partial charge on any atom is 0.435 e. The Balaban J connectivity index is 1.30. The number of aryl methyl sites for hydroxylation is 1. The fourth-order valence-electron chi connectivity index (χ4n) is 9.09. The highest BCUT2D eigenvalue weighted by atomic mass is 35.5. The van der Waals surface area contributed by atoms with E-state index in [1.165, 1.54) is 38.1 Å². The predicted octanol–water partition coefficient (Wildman–Crippen LogP) is 9.17. The van der Waals surface area contributed by atoms with Gasteiger partial charge in [-0.1, -0.05) is 23.7 Å². The monoisotopic (exact) mass is 1010 g/mol. The second kappa shape index (κ2) is 16.6. The SMILES string of the molecule is CC(C)(CCc1ccc(-c2ccc(Cl)c3c(NS(C)(=O)=O)nn(CC(F)(F)F)c23)c([C@H](Cc2cc(F)cc(F)c2)NC(=O)Cn2nc(C(F)(F)F)c3c2C(F)(F)[C@@H]2CC[C@H]32)n1)S(=O)(=O)C1CC1. The van der Waals surface area contributed by atoms with Gasteiger partial charge in [0.15, 0.2) is 21.3 Å². The average molecular weight is 1010 g/mol. The van der Waals surface area contributed by atoms with Crippen molar-refractivity contribution in [3.8, 4) is 11.1 Å². The Labute approximate surface area is 381 Å². The van der Waals surface area contributed by atoms with E-state index in [2.05, 4.69) is 20.2 Å². The van der Waals surface area contributed by atoms with E-state index in [1.54, 1.807) is 0 Å². The van der Waals surface area contributed by atoms with Gasteiger partial charge in [0.2, 0.25) is 15.9 Å². The lowest BCUT2D eigenvalue weighted by Gasteiger charge is -2.34. The molecule has 0 unspecified atom stereocenters. The Hall–Kier alpha value is -4.97. The largest absolute Gasteiger partial charge is 0.435 e. The number of pyridine rings is 1. The number of anilines is 1. The fraction of sp³-hybridized carbons (Fsp3) is 0.476. The molecule has 67 heavy (non-hydrogen) atoms. The fourth-order valence-corrected chi connectivity index (χ4v) is 11.9. The number of hydrogen-bond acceptors (Lipinski definition) is 8. The molecule has 3 aliphatic rings. The van der Waals surface area contributed by atoms with Crippen molar-refractivity contribution in [2.24, 2.45) is 5.92 Å². The van der Waals surface area contributed by atoms with Gasteiger partial charge in [0.25, 0.3) is 5.92 Å². The number of carbonyl (C=O) groups excluding carboxylic acids is 1. The summed E-state index contributed by atoms with van der Waals surface area (Å²) in [5.74, 6) is -10.4. The van der Waals surface area contributed by atoms with Crippen molar-refractivity contribution < 1.29 is 65.5 Å². The van der Waals surface area contributed by atoms with Crippen LogP contribution in [0.2, 0.25) is 5.02 Å². The summed E-state index contributed by atoms with van der Waals surface area (Å²) in [6, 6.07) is 5.85. The summed E-state index contributed by atoms with van der Waals surface area (Å²) in [4.78, 5) is 18.9. The molecule has 362 valence electrons. The normalized spacial score (nSPS) is 19.0. The molecule has 0 spiro atoms. The molecule has 2 fully saturated rings. The number of benzene rings is 2. The van der Waals surface area contributed by atoms with E-state index in [0.29, 0.717) is 29.8 Å². The van der Waals surface area contributed by atoms with E-state index in [0.717, 1.165) is 12.1 Å². The number of amides is 1.